The van der Waals surface area contributed by atoms with Crippen LogP contribution in [0.1, 0.15) is 10.4 Å². The first kappa shape index (κ1) is 8.22. The lowest BCUT2D eigenvalue weighted by Gasteiger charge is -1.97. The van der Waals surface area contributed by atoms with Crippen LogP contribution in [0.25, 0.3) is 10.1 Å². The van der Waals surface area contributed by atoms with Crippen LogP contribution in [0.2, 0.25) is 0 Å². The number of rotatable bonds is 1. The lowest BCUT2D eigenvalue weighted by Crippen LogP contribution is -2.18. The number of hydroxylamine groups is 1. The van der Waals surface area contributed by atoms with Gasteiger partial charge >= 0.3 is 0 Å². The van der Waals surface area contributed by atoms with E-state index < -0.39 is 5.91 Å². The number of hydrogen-bond acceptors (Lipinski definition) is 3. The Labute approximate surface area is 78.6 Å². The summed E-state index contributed by atoms with van der Waals surface area (Å²) in [7, 11) is 0. The summed E-state index contributed by atoms with van der Waals surface area (Å²) < 4.78 is 1.04. The van der Waals surface area contributed by atoms with E-state index in [4.69, 9.17) is 5.21 Å². The van der Waals surface area contributed by atoms with Gasteiger partial charge in [0, 0.05) is 10.3 Å². The zero-order chi connectivity index (χ0) is 9.26. The van der Waals surface area contributed by atoms with E-state index in [2.05, 4.69) is 0 Å². The quantitative estimate of drug-likeness (QED) is 0.537. The third kappa shape index (κ3) is 1.41. The summed E-state index contributed by atoms with van der Waals surface area (Å²) in [5.41, 5.74) is 2.07. The second-order valence-electron chi connectivity index (χ2n) is 2.61. The van der Waals surface area contributed by atoms with Gasteiger partial charge in [-0.2, -0.15) is 0 Å². The number of carbonyl (C=O) groups excluding carboxylic acids is 1. The number of carbonyl (C=O) groups is 1. The molecule has 1 amide bonds. The summed E-state index contributed by atoms with van der Waals surface area (Å²) in [6.45, 7) is 0. The third-order valence-electron chi connectivity index (χ3n) is 1.82. The Morgan fingerprint density at radius 2 is 2.23 bits per heavy atom. The van der Waals surface area contributed by atoms with Crippen molar-refractivity contribution in [2.75, 3.05) is 0 Å². The maximum Gasteiger partial charge on any atom is 0.274 e. The molecule has 0 fully saturated rings. The van der Waals surface area contributed by atoms with E-state index in [1.165, 1.54) is 0 Å². The second-order valence-corrected chi connectivity index (χ2v) is 3.56. The molecular weight excluding hydrogens is 186 g/mol. The number of thiophene rings is 1. The maximum absolute atomic E-state index is 11.0. The Balaban J connectivity index is 2.54. The van der Waals surface area contributed by atoms with Gasteiger partial charge in [-0.15, -0.1) is 11.3 Å². The predicted octanol–water partition coefficient (Wildman–Crippen LogP) is 2.02. The van der Waals surface area contributed by atoms with Gasteiger partial charge in [0.25, 0.3) is 5.91 Å². The average Bonchev–Trinajstić information content (AvgIpc) is 2.63. The fourth-order valence-corrected chi connectivity index (χ4v) is 1.99. The fraction of sp³-hybridized carbons (Fsp3) is 0. The van der Waals surface area contributed by atoms with Crippen LogP contribution in [-0.2, 0) is 0 Å². The Bertz CT molecular complexity index is 450. The highest BCUT2D eigenvalue weighted by molar-refractivity contribution is 7.17. The van der Waals surface area contributed by atoms with E-state index >= 15 is 0 Å². The molecule has 1 aromatic carbocycles. The largest absolute Gasteiger partial charge is 0.288 e. The second kappa shape index (κ2) is 3.16. The molecule has 0 saturated heterocycles. The fourth-order valence-electron chi connectivity index (χ4n) is 1.16. The Morgan fingerprint density at radius 1 is 1.38 bits per heavy atom. The molecule has 0 aliphatic carbocycles. The topological polar surface area (TPSA) is 49.3 Å². The van der Waals surface area contributed by atoms with Crippen molar-refractivity contribution in [3.05, 3.63) is 35.2 Å². The molecule has 0 saturated carbocycles. The van der Waals surface area contributed by atoms with Crippen molar-refractivity contribution in [2.45, 2.75) is 0 Å². The Morgan fingerprint density at radius 3 is 3.00 bits per heavy atom. The number of benzene rings is 1. The first-order valence-electron chi connectivity index (χ1n) is 3.73. The van der Waals surface area contributed by atoms with Crippen LogP contribution in [-0.4, -0.2) is 11.1 Å². The van der Waals surface area contributed by atoms with Gasteiger partial charge in [0.15, 0.2) is 0 Å². The normalized spacial score (nSPS) is 10.2. The summed E-state index contributed by atoms with van der Waals surface area (Å²) in [5.74, 6) is -0.477. The van der Waals surface area contributed by atoms with Gasteiger partial charge in [0.1, 0.15) is 0 Å². The molecule has 0 unspecified atom stereocenters. The van der Waals surface area contributed by atoms with E-state index in [-0.39, 0.29) is 0 Å². The molecule has 0 aliphatic heterocycles. The number of amides is 1. The van der Waals surface area contributed by atoms with Gasteiger partial charge in [0.2, 0.25) is 0 Å². The zero-order valence-corrected chi connectivity index (χ0v) is 7.47. The number of fused-ring (bicyclic) bond motifs is 1. The van der Waals surface area contributed by atoms with Crippen LogP contribution < -0.4 is 5.48 Å². The summed E-state index contributed by atoms with van der Waals surface area (Å²) in [6.07, 6.45) is 0. The molecule has 2 aromatic rings. The summed E-state index contributed by atoms with van der Waals surface area (Å²) in [5, 5.41) is 11.5. The standard InChI is InChI=1S/C9H7NO2S/c11-9(10-12)7-2-1-6-3-4-13-8(6)5-7/h1-5,12H,(H,10,11). The molecular formula is C9H7NO2S. The van der Waals surface area contributed by atoms with E-state index in [0.717, 1.165) is 10.1 Å². The van der Waals surface area contributed by atoms with Crippen molar-refractivity contribution in [1.82, 2.24) is 5.48 Å². The lowest BCUT2D eigenvalue weighted by atomic mass is 10.2. The molecule has 0 radical (unpaired) electrons. The first-order chi connectivity index (χ1) is 6.31. The minimum atomic E-state index is -0.477. The van der Waals surface area contributed by atoms with E-state index in [1.54, 1.807) is 28.9 Å². The molecule has 0 atom stereocenters. The van der Waals surface area contributed by atoms with Crippen molar-refractivity contribution in [3.63, 3.8) is 0 Å². The number of hydrogen-bond donors (Lipinski definition) is 2. The molecule has 66 valence electrons. The summed E-state index contributed by atoms with van der Waals surface area (Å²) >= 11 is 1.57. The highest BCUT2D eigenvalue weighted by Crippen LogP contribution is 2.21. The van der Waals surface area contributed by atoms with E-state index in [1.807, 2.05) is 17.5 Å². The average molecular weight is 193 g/mol. The minimum absolute atomic E-state index is 0.470. The van der Waals surface area contributed by atoms with Crippen LogP contribution in [0, 0.1) is 0 Å². The van der Waals surface area contributed by atoms with Crippen molar-refractivity contribution in [2.24, 2.45) is 0 Å². The molecule has 0 bridgehead atoms. The number of nitrogens with one attached hydrogen (secondary N) is 1. The van der Waals surface area contributed by atoms with Gasteiger partial charge < -0.3 is 0 Å². The van der Waals surface area contributed by atoms with Gasteiger partial charge in [-0.1, -0.05) is 6.07 Å². The first-order valence-corrected chi connectivity index (χ1v) is 4.61. The van der Waals surface area contributed by atoms with E-state index in [0.29, 0.717) is 5.56 Å². The van der Waals surface area contributed by atoms with Crippen LogP contribution in [0.3, 0.4) is 0 Å². The molecule has 3 nitrogen and oxygen atoms in total. The molecule has 1 heterocycles. The molecule has 4 heteroatoms. The van der Waals surface area contributed by atoms with Crippen LogP contribution >= 0.6 is 11.3 Å². The van der Waals surface area contributed by atoms with Crippen LogP contribution in [0.15, 0.2) is 29.6 Å². The zero-order valence-electron chi connectivity index (χ0n) is 6.65. The van der Waals surface area contributed by atoms with Crippen LogP contribution in [0.5, 0.6) is 0 Å². The lowest BCUT2D eigenvalue weighted by molar-refractivity contribution is 0.0706. The highest BCUT2D eigenvalue weighted by atomic mass is 32.1. The molecule has 1 aromatic heterocycles. The van der Waals surface area contributed by atoms with Crippen molar-refractivity contribution in [1.29, 1.82) is 0 Å². The van der Waals surface area contributed by atoms with Gasteiger partial charge in [0.05, 0.1) is 0 Å². The molecule has 2 rings (SSSR count). The predicted molar refractivity (Wildman–Crippen MR) is 51.1 cm³/mol. The Kier molecular flexibility index (Phi) is 2.00. The molecule has 0 aliphatic rings. The van der Waals surface area contributed by atoms with Crippen molar-refractivity contribution < 1.29 is 10.0 Å². The van der Waals surface area contributed by atoms with Gasteiger partial charge in [-0.3, -0.25) is 10.0 Å². The maximum atomic E-state index is 11.0. The molecule has 13 heavy (non-hydrogen) atoms. The molecule has 2 N–H and O–H groups in total. The van der Waals surface area contributed by atoms with Crippen molar-refractivity contribution in [3.8, 4) is 0 Å². The third-order valence-corrected chi connectivity index (χ3v) is 2.70. The smallest absolute Gasteiger partial charge is 0.274 e. The van der Waals surface area contributed by atoms with E-state index in [9.17, 15) is 4.79 Å². The minimum Gasteiger partial charge on any atom is -0.288 e. The summed E-state index contributed by atoms with van der Waals surface area (Å²) in [4.78, 5) is 11.0. The van der Waals surface area contributed by atoms with Gasteiger partial charge in [-0.05, 0) is 29.0 Å². The van der Waals surface area contributed by atoms with Crippen molar-refractivity contribution >= 4 is 27.3 Å². The monoisotopic (exact) mass is 193 g/mol. The molecule has 0 spiro atoms. The Hall–Kier alpha value is -1.39. The SMILES string of the molecule is O=C(NO)c1ccc2ccsc2c1. The van der Waals surface area contributed by atoms with Crippen LogP contribution in [0.4, 0.5) is 0 Å². The summed E-state index contributed by atoms with van der Waals surface area (Å²) in [6, 6.07) is 7.28. The van der Waals surface area contributed by atoms with Gasteiger partial charge in [-0.25, -0.2) is 5.48 Å². The highest BCUT2D eigenvalue weighted by Gasteiger charge is 2.04.